The molecule has 1 unspecified atom stereocenters. The summed E-state index contributed by atoms with van der Waals surface area (Å²) < 4.78 is 35.3. The first-order valence-electron chi connectivity index (χ1n) is 8.48. The van der Waals surface area contributed by atoms with Crippen molar-refractivity contribution >= 4 is 21.8 Å². The van der Waals surface area contributed by atoms with Crippen LogP contribution >= 0.6 is 0 Å². The van der Waals surface area contributed by atoms with Gasteiger partial charge in [-0.05, 0) is 38.3 Å². The third kappa shape index (κ3) is 4.67. The molecule has 3 rings (SSSR count). The molecule has 2 heterocycles. The SMILES string of the molecule is Cc1ccc(S(=O)(=O)CCCC(=O)Nc2nnc(C3CCCO3)o2)cc1. The second kappa shape index (κ2) is 7.96. The van der Waals surface area contributed by atoms with E-state index in [-0.39, 0.29) is 41.5 Å². The third-order valence-corrected chi connectivity index (χ3v) is 5.91. The van der Waals surface area contributed by atoms with Crippen LogP contribution in [0.1, 0.15) is 43.2 Å². The average molecular weight is 379 g/mol. The smallest absolute Gasteiger partial charge is 0.322 e. The zero-order valence-corrected chi connectivity index (χ0v) is 15.3. The van der Waals surface area contributed by atoms with Crippen LogP contribution in [0.2, 0.25) is 0 Å². The van der Waals surface area contributed by atoms with Crippen LogP contribution in [-0.4, -0.2) is 36.9 Å². The number of ether oxygens (including phenoxy) is 1. The number of sulfone groups is 1. The molecule has 140 valence electrons. The zero-order chi connectivity index (χ0) is 18.6. The maximum atomic E-state index is 12.2. The number of nitrogens with one attached hydrogen (secondary N) is 1. The first-order chi connectivity index (χ1) is 12.4. The van der Waals surface area contributed by atoms with Gasteiger partial charge in [0.2, 0.25) is 11.8 Å². The summed E-state index contributed by atoms with van der Waals surface area (Å²) in [5, 5.41) is 10.1. The van der Waals surface area contributed by atoms with Crippen LogP contribution in [0.4, 0.5) is 6.01 Å². The molecular weight excluding hydrogens is 358 g/mol. The highest BCUT2D eigenvalue weighted by molar-refractivity contribution is 7.91. The van der Waals surface area contributed by atoms with E-state index in [9.17, 15) is 13.2 Å². The van der Waals surface area contributed by atoms with Gasteiger partial charge in [0, 0.05) is 13.0 Å². The Balaban J connectivity index is 1.47. The van der Waals surface area contributed by atoms with Gasteiger partial charge in [-0.2, -0.15) is 0 Å². The second-order valence-electron chi connectivity index (χ2n) is 6.23. The minimum absolute atomic E-state index is 0.00175. The molecule has 0 spiro atoms. The van der Waals surface area contributed by atoms with Crippen LogP contribution in [0.5, 0.6) is 0 Å². The Kier molecular flexibility index (Phi) is 5.67. The first kappa shape index (κ1) is 18.5. The maximum absolute atomic E-state index is 12.2. The van der Waals surface area contributed by atoms with Crippen LogP contribution in [0.15, 0.2) is 33.6 Å². The number of aryl methyl sites for hydroxylation is 1. The van der Waals surface area contributed by atoms with Gasteiger partial charge in [-0.3, -0.25) is 10.1 Å². The number of aromatic nitrogens is 2. The number of amides is 1. The summed E-state index contributed by atoms with van der Waals surface area (Å²) in [6, 6.07) is 6.66. The summed E-state index contributed by atoms with van der Waals surface area (Å²) >= 11 is 0. The van der Waals surface area contributed by atoms with Crippen molar-refractivity contribution in [2.24, 2.45) is 0 Å². The van der Waals surface area contributed by atoms with E-state index in [0.29, 0.717) is 12.5 Å². The van der Waals surface area contributed by atoms with Crippen LogP contribution in [0.25, 0.3) is 0 Å². The number of carbonyl (C=O) groups excluding carboxylic acids is 1. The predicted molar refractivity (Wildman–Crippen MR) is 93.3 cm³/mol. The number of nitrogens with zero attached hydrogens (tertiary/aromatic N) is 2. The molecule has 9 heteroatoms. The molecule has 0 aliphatic carbocycles. The van der Waals surface area contributed by atoms with E-state index in [0.717, 1.165) is 18.4 Å². The molecular formula is C17H21N3O5S. The minimum atomic E-state index is -3.40. The average Bonchev–Trinajstić information content (AvgIpc) is 3.26. The fourth-order valence-electron chi connectivity index (χ4n) is 2.66. The van der Waals surface area contributed by atoms with E-state index in [1.165, 1.54) is 0 Å². The molecule has 8 nitrogen and oxygen atoms in total. The fraction of sp³-hybridized carbons (Fsp3) is 0.471. The van der Waals surface area contributed by atoms with Crippen LogP contribution in [0.3, 0.4) is 0 Å². The minimum Gasteiger partial charge on any atom is -0.405 e. The van der Waals surface area contributed by atoms with E-state index in [1.54, 1.807) is 24.3 Å². The quantitative estimate of drug-likeness (QED) is 0.786. The van der Waals surface area contributed by atoms with Crippen LogP contribution in [-0.2, 0) is 19.4 Å². The number of anilines is 1. The van der Waals surface area contributed by atoms with Gasteiger partial charge in [-0.25, -0.2) is 8.42 Å². The molecule has 0 radical (unpaired) electrons. The van der Waals surface area contributed by atoms with Gasteiger partial charge >= 0.3 is 6.01 Å². The zero-order valence-electron chi connectivity index (χ0n) is 14.5. The highest BCUT2D eigenvalue weighted by atomic mass is 32.2. The summed E-state index contributed by atoms with van der Waals surface area (Å²) in [7, 11) is -3.40. The summed E-state index contributed by atoms with van der Waals surface area (Å²) in [6.45, 7) is 2.55. The van der Waals surface area contributed by atoms with Crippen molar-refractivity contribution in [2.75, 3.05) is 17.7 Å². The van der Waals surface area contributed by atoms with Crippen molar-refractivity contribution in [1.29, 1.82) is 0 Å². The third-order valence-electron chi connectivity index (χ3n) is 4.09. The number of carbonyl (C=O) groups is 1. The number of rotatable bonds is 7. The summed E-state index contributed by atoms with van der Waals surface area (Å²) in [5.74, 6) is -0.125. The molecule has 1 amide bonds. The van der Waals surface area contributed by atoms with Crippen LogP contribution in [0, 0.1) is 6.92 Å². The van der Waals surface area contributed by atoms with E-state index < -0.39 is 9.84 Å². The Morgan fingerprint density at radius 3 is 2.73 bits per heavy atom. The van der Waals surface area contributed by atoms with E-state index >= 15 is 0 Å². The molecule has 1 aliphatic rings. The number of benzene rings is 1. The maximum Gasteiger partial charge on any atom is 0.322 e. The van der Waals surface area contributed by atoms with Crippen molar-refractivity contribution < 1.29 is 22.4 Å². The van der Waals surface area contributed by atoms with Gasteiger partial charge < -0.3 is 9.15 Å². The Morgan fingerprint density at radius 2 is 2.04 bits per heavy atom. The molecule has 1 fully saturated rings. The lowest BCUT2D eigenvalue weighted by Crippen LogP contribution is -2.14. The highest BCUT2D eigenvalue weighted by Gasteiger charge is 2.24. The normalized spacial score (nSPS) is 17.3. The largest absolute Gasteiger partial charge is 0.405 e. The molecule has 0 saturated carbocycles. The summed E-state index contributed by atoms with van der Waals surface area (Å²) in [5.41, 5.74) is 0.991. The number of hydrogen-bond donors (Lipinski definition) is 1. The molecule has 1 saturated heterocycles. The van der Waals surface area contributed by atoms with Crippen molar-refractivity contribution in [3.8, 4) is 0 Å². The number of hydrogen-bond acceptors (Lipinski definition) is 7. The van der Waals surface area contributed by atoms with Crippen molar-refractivity contribution in [2.45, 2.75) is 43.6 Å². The van der Waals surface area contributed by atoms with Gasteiger partial charge in [0.1, 0.15) is 6.10 Å². The molecule has 1 atom stereocenters. The Hall–Kier alpha value is -2.26. The lowest BCUT2D eigenvalue weighted by Gasteiger charge is -2.05. The lowest BCUT2D eigenvalue weighted by molar-refractivity contribution is -0.116. The molecule has 1 aromatic heterocycles. The standard InChI is InChI=1S/C17H21N3O5S/c1-12-6-8-13(9-7-12)26(22,23)11-3-5-15(21)18-17-20-19-16(25-17)14-4-2-10-24-14/h6-9,14H,2-5,10-11H2,1H3,(H,18,20,21). The van der Waals surface area contributed by atoms with Gasteiger partial charge in [0.25, 0.3) is 0 Å². The fourth-order valence-corrected chi connectivity index (χ4v) is 3.97. The van der Waals surface area contributed by atoms with Crippen molar-refractivity contribution in [3.05, 3.63) is 35.7 Å². The van der Waals surface area contributed by atoms with Crippen LogP contribution < -0.4 is 5.32 Å². The van der Waals surface area contributed by atoms with Gasteiger partial charge in [-0.15, -0.1) is 5.10 Å². The molecule has 1 aromatic carbocycles. The summed E-state index contributed by atoms with van der Waals surface area (Å²) in [6.07, 6.45) is 1.78. The topological polar surface area (TPSA) is 111 Å². The van der Waals surface area contributed by atoms with E-state index in [1.807, 2.05) is 6.92 Å². The van der Waals surface area contributed by atoms with E-state index in [4.69, 9.17) is 9.15 Å². The molecule has 0 bridgehead atoms. The first-order valence-corrected chi connectivity index (χ1v) is 10.1. The second-order valence-corrected chi connectivity index (χ2v) is 8.34. The Morgan fingerprint density at radius 1 is 1.27 bits per heavy atom. The molecule has 1 aliphatic heterocycles. The lowest BCUT2D eigenvalue weighted by atomic mass is 10.2. The highest BCUT2D eigenvalue weighted by Crippen LogP contribution is 2.28. The Labute approximate surface area is 151 Å². The molecule has 26 heavy (non-hydrogen) atoms. The monoisotopic (exact) mass is 379 g/mol. The molecule has 2 aromatic rings. The summed E-state index contributed by atoms with van der Waals surface area (Å²) in [4.78, 5) is 12.2. The van der Waals surface area contributed by atoms with E-state index in [2.05, 4.69) is 15.5 Å². The Bertz CT molecular complexity index is 855. The molecule has 1 N–H and O–H groups in total. The van der Waals surface area contributed by atoms with Gasteiger partial charge in [-0.1, -0.05) is 22.8 Å². The van der Waals surface area contributed by atoms with Crippen molar-refractivity contribution in [3.63, 3.8) is 0 Å². The predicted octanol–water partition coefficient (Wildman–Crippen LogP) is 2.42. The van der Waals surface area contributed by atoms with Crippen molar-refractivity contribution in [1.82, 2.24) is 10.2 Å². The van der Waals surface area contributed by atoms with Gasteiger partial charge in [0.05, 0.1) is 10.6 Å². The van der Waals surface area contributed by atoms with Gasteiger partial charge in [0.15, 0.2) is 9.84 Å².